The summed E-state index contributed by atoms with van der Waals surface area (Å²) in [7, 11) is 0. The van der Waals surface area contributed by atoms with Crippen LogP contribution in [-0.2, 0) is 14.3 Å². The molecule has 0 aliphatic carbocycles. The molecule has 23 heavy (non-hydrogen) atoms. The normalized spacial score (nSPS) is 17.7. The number of carbonyl (C=O) groups is 1. The van der Waals surface area contributed by atoms with Crippen molar-refractivity contribution in [2.75, 3.05) is 6.61 Å². The molecule has 0 amide bonds. The number of allylic oxidation sites excluding steroid dienone is 2. The van der Waals surface area contributed by atoms with Crippen molar-refractivity contribution >= 4 is 33.2 Å². The monoisotopic (exact) mass is 396 g/mol. The molecule has 0 bridgehead atoms. The topological polar surface area (TPSA) is 85.3 Å². The fraction of sp³-hybridized carbons (Fsp3) is 0.375. The molecule has 5 nitrogen and oxygen atoms in total. The van der Waals surface area contributed by atoms with Gasteiger partial charge in [0.2, 0.25) is 5.88 Å². The number of hydrogen-bond donors (Lipinski definition) is 1. The highest BCUT2D eigenvalue weighted by molar-refractivity contribution is 9.10. The number of esters is 1. The summed E-state index contributed by atoms with van der Waals surface area (Å²) in [4.78, 5) is 13.3. The maximum atomic E-state index is 12.5. The number of carbonyl (C=O) groups excluding carboxylic acids is 1. The molecule has 1 aliphatic rings. The predicted molar refractivity (Wildman–Crippen MR) is 91.2 cm³/mol. The molecule has 122 valence electrons. The van der Waals surface area contributed by atoms with Gasteiger partial charge in [-0.2, -0.15) is 5.26 Å². The van der Waals surface area contributed by atoms with Crippen LogP contribution in [0.15, 0.2) is 38.7 Å². The maximum Gasteiger partial charge on any atom is 0.338 e. The minimum atomic E-state index is -0.550. The zero-order valence-corrected chi connectivity index (χ0v) is 15.3. The Balaban J connectivity index is 2.62. The SMILES string of the molecule is CCCC1=C(C(=O)OCC)[C@H](c2cc(Br)cs2)C(C#N)=C(N)O1. The molecule has 0 radical (unpaired) electrons. The third-order valence-corrected chi connectivity index (χ3v) is 5.10. The molecule has 0 spiro atoms. The van der Waals surface area contributed by atoms with Crippen molar-refractivity contribution in [3.8, 4) is 6.07 Å². The summed E-state index contributed by atoms with van der Waals surface area (Å²) in [6.07, 6.45) is 1.34. The summed E-state index contributed by atoms with van der Waals surface area (Å²) in [5.74, 6) is -0.480. The second kappa shape index (κ2) is 7.66. The molecule has 7 heteroatoms. The Morgan fingerprint density at radius 3 is 2.83 bits per heavy atom. The summed E-state index contributed by atoms with van der Waals surface area (Å²) in [6.45, 7) is 3.98. The van der Waals surface area contributed by atoms with Gasteiger partial charge in [-0.3, -0.25) is 0 Å². The lowest BCUT2D eigenvalue weighted by Gasteiger charge is -2.27. The minimum Gasteiger partial charge on any atom is -0.463 e. The fourth-order valence-electron chi connectivity index (χ4n) is 2.43. The van der Waals surface area contributed by atoms with Gasteiger partial charge in [-0.1, -0.05) is 6.92 Å². The first-order valence-corrected chi connectivity index (χ1v) is 8.92. The van der Waals surface area contributed by atoms with Crippen molar-refractivity contribution < 1.29 is 14.3 Å². The Bertz CT molecular complexity index is 715. The van der Waals surface area contributed by atoms with Crippen molar-refractivity contribution in [3.05, 3.63) is 43.6 Å². The van der Waals surface area contributed by atoms with Crippen LogP contribution >= 0.6 is 27.3 Å². The maximum absolute atomic E-state index is 12.5. The van der Waals surface area contributed by atoms with E-state index in [2.05, 4.69) is 22.0 Å². The zero-order chi connectivity index (χ0) is 17.0. The van der Waals surface area contributed by atoms with Crippen LogP contribution in [0.5, 0.6) is 0 Å². The molecule has 2 rings (SSSR count). The molecule has 2 heterocycles. The lowest BCUT2D eigenvalue weighted by Crippen LogP contribution is -2.25. The lowest BCUT2D eigenvalue weighted by molar-refractivity contribution is -0.139. The van der Waals surface area contributed by atoms with Crippen molar-refractivity contribution in [2.45, 2.75) is 32.6 Å². The lowest BCUT2D eigenvalue weighted by atomic mass is 9.86. The summed E-state index contributed by atoms with van der Waals surface area (Å²) >= 11 is 4.86. The van der Waals surface area contributed by atoms with Crippen molar-refractivity contribution in [1.29, 1.82) is 5.26 Å². The van der Waals surface area contributed by atoms with E-state index in [1.165, 1.54) is 11.3 Å². The summed E-state index contributed by atoms with van der Waals surface area (Å²) in [5, 5.41) is 11.4. The highest BCUT2D eigenvalue weighted by Crippen LogP contribution is 2.43. The average Bonchev–Trinajstić information content (AvgIpc) is 2.93. The zero-order valence-electron chi connectivity index (χ0n) is 12.9. The number of hydrogen-bond acceptors (Lipinski definition) is 6. The van der Waals surface area contributed by atoms with Gasteiger partial charge >= 0.3 is 5.97 Å². The third kappa shape index (κ3) is 3.59. The number of nitrogens with two attached hydrogens (primary N) is 1. The third-order valence-electron chi connectivity index (χ3n) is 3.34. The van der Waals surface area contributed by atoms with Gasteiger partial charge in [-0.15, -0.1) is 11.3 Å². The Hall–Kier alpha value is -1.78. The Morgan fingerprint density at radius 2 is 2.30 bits per heavy atom. The standard InChI is InChI=1S/C16H17BrN2O3S/c1-3-5-11-14(16(20)21-4-2)13(10(7-18)15(19)22-11)12-6-9(17)8-23-12/h6,8,13H,3-5,19H2,1-2H3/t13-/m0/s1. The Morgan fingerprint density at radius 1 is 1.57 bits per heavy atom. The van der Waals surface area contributed by atoms with E-state index in [4.69, 9.17) is 15.2 Å². The fourth-order valence-corrected chi connectivity index (χ4v) is 3.99. The number of halogens is 1. The van der Waals surface area contributed by atoms with Gasteiger partial charge in [0.15, 0.2) is 0 Å². The van der Waals surface area contributed by atoms with E-state index in [-0.39, 0.29) is 18.1 Å². The minimum absolute atomic E-state index is 0.0542. The second-order valence-electron chi connectivity index (χ2n) is 4.90. The van der Waals surface area contributed by atoms with E-state index in [1.54, 1.807) is 6.92 Å². The Labute approximate surface area is 147 Å². The van der Waals surface area contributed by atoms with E-state index in [0.717, 1.165) is 15.8 Å². The first-order valence-electron chi connectivity index (χ1n) is 7.25. The van der Waals surface area contributed by atoms with Crippen molar-refractivity contribution in [1.82, 2.24) is 0 Å². The first-order chi connectivity index (χ1) is 11.0. The van der Waals surface area contributed by atoms with Crippen LogP contribution in [0, 0.1) is 11.3 Å². The molecule has 1 aliphatic heterocycles. The molecule has 0 aromatic carbocycles. The van der Waals surface area contributed by atoms with Crippen molar-refractivity contribution in [3.63, 3.8) is 0 Å². The van der Waals surface area contributed by atoms with Crippen molar-refractivity contribution in [2.24, 2.45) is 5.73 Å². The summed E-state index contributed by atoms with van der Waals surface area (Å²) in [6, 6.07) is 3.96. The summed E-state index contributed by atoms with van der Waals surface area (Å²) < 4.78 is 11.7. The van der Waals surface area contributed by atoms with Crippen LogP contribution in [0.3, 0.4) is 0 Å². The van der Waals surface area contributed by atoms with Crippen LogP contribution in [-0.4, -0.2) is 12.6 Å². The van der Waals surface area contributed by atoms with Crippen LogP contribution in [0.4, 0.5) is 0 Å². The molecule has 0 saturated heterocycles. The highest BCUT2D eigenvalue weighted by atomic mass is 79.9. The van der Waals surface area contributed by atoms with Crippen LogP contribution in [0.1, 0.15) is 37.5 Å². The average molecular weight is 397 g/mol. The van der Waals surface area contributed by atoms with Crippen LogP contribution < -0.4 is 5.73 Å². The van der Waals surface area contributed by atoms with Gasteiger partial charge in [-0.05, 0) is 35.3 Å². The van der Waals surface area contributed by atoms with Gasteiger partial charge < -0.3 is 15.2 Å². The smallest absolute Gasteiger partial charge is 0.338 e. The number of nitriles is 1. The molecule has 1 aromatic heterocycles. The van der Waals surface area contributed by atoms with E-state index < -0.39 is 11.9 Å². The molecule has 0 unspecified atom stereocenters. The molecule has 1 atom stereocenters. The molecule has 0 fully saturated rings. The van der Waals surface area contributed by atoms with E-state index in [1.807, 2.05) is 18.4 Å². The molecular formula is C16H17BrN2O3S. The summed E-state index contributed by atoms with van der Waals surface area (Å²) in [5.41, 5.74) is 6.53. The molecular weight excluding hydrogens is 380 g/mol. The highest BCUT2D eigenvalue weighted by Gasteiger charge is 2.38. The molecule has 1 aromatic rings. The number of rotatable bonds is 5. The van der Waals surface area contributed by atoms with Crippen LogP contribution in [0.2, 0.25) is 0 Å². The van der Waals surface area contributed by atoms with Gasteiger partial charge in [-0.25, -0.2) is 4.79 Å². The van der Waals surface area contributed by atoms with Gasteiger partial charge in [0, 0.05) is 21.2 Å². The number of thiophene rings is 1. The predicted octanol–water partition coefficient (Wildman–Crippen LogP) is 3.94. The number of ether oxygens (including phenoxy) is 2. The van der Waals surface area contributed by atoms with E-state index >= 15 is 0 Å². The molecule has 2 N–H and O–H groups in total. The quantitative estimate of drug-likeness (QED) is 0.761. The van der Waals surface area contributed by atoms with Gasteiger partial charge in [0.1, 0.15) is 17.4 Å². The number of nitrogens with zero attached hydrogens (tertiary/aromatic N) is 1. The largest absolute Gasteiger partial charge is 0.463 e. The van der Waals surface area contributed by atoms with E-state index in [0.29, 0.717) is 17.8 Å². The van der Waals surface area contributed by atoms with Gasteiger partial charge in [0.05, 0.1) is 18.1 Å². The van der Waals surface area contributed by atoms with Gasteiger partial charge in [0.25, 0.3) is 0 Å². The molecule has 0 saturated carbocycles. The van der Waals surface area contributed by atoms with E-state index in [9.17, 15) is 10.1 Å². The van der Waals surface area contributed by atoms with Crippen LogP contribution in [0.25, 0.3) is 0 Å². The Kier molecular flexibility index (Phi) is 5.85. The second-order valence-corrected chi connectivity index (χ2v) is 6.76. The first kappa shape index (κ1) is 17.6.